The Kier molecular flexibility index (Phi) is 6.31. The summed E-state index contributed by atoms with van der Waals surface area (Å²) in [7, 11) is 0. The highest BCUT2D eigenvalue weighted by Gasteiger charge is 2.21. The molecule has 2 aliphatic rings. The van der Waals surface area contributed by atoms with Gasteiger partial charge < -0.3 is 15.0 Å². The Bertz CT molecular complexity index is 543. The third-order valence-electron chi connectivity index (χ3n) is 4.57. The number of rotatable bonds is 4. The van der Waals surface area contributed by atoms with Gasteiger partial charge >= 0.3 is 6.03 Å². The van der Waals surface area contributed by atoms with Crippen molar-refractivity contribution < 1.29 is 9.53 Å². The Hall–Kier alpha value is -1.34. The molecule has 2 amide bonds. The van der Waals surface area contributed by atoms with E-state index in [0.717, 1.165) is 71.3 Å². The first-order chi connectivity index (χ1) is 11.7. The Balaban J connectivity index is 1.38. The summed E-state index contributed by atoms with van der Waals surface area (Å²) in [6.45, 7) is 9.26. The number of hydrogen-bond donors (Lipinski definition) is 1. The number of nitrogens with one attached hydrogen (secondary N) is 1. The quantitative estimate of drug-likeness (QED) is 0.898. The number of nitrogens with zero attached hydrogens (tertiary/aromatic N) is 3. The van der Waals surface area contributed by atoms with E-state index in [1.165, 1.54) is 0 Å². The number of carbonyl (C=O) groups is 1. The van der Waals surface area contributed by atoms with E-state index in [2.05, 4.69) is 15.1 Å². The molecule has 1 aromatic rings. The number of hydrogen-bond acceptors (Lipinski definition) is 4. The highest BCUT2D eigenvalue weighted by Crippen LogP contribution is 2.15. The van der Waals surface area contributed by atoms with Crippen LogP contribution in [-0.4, -0.2) is 86.3 Å². The van der Waals surface area contributed by atoms with Gasteiger partial charge in [0.15, 0.2) is 0 Å². The molecular formula is C17H25ClN4O2. The Morgan fingerprint density at radius 1 is 1.04 bits per heavy atom. The van der Waals surface area contributed by atoms with Crippen molar-refractivity contribution in [2.75, 3.05) is 70.9 Å². The van der Waals surface area contributed by atoms with Gasteiger partial charge in [0.05, 0.1) is 13.2 Å². The number of halogens is 1. The minimum absolute atomic E-state index is 0.0508. The highest BCUT2D eigenvalue weighted by atomic mass is 35.5. The van der Waals surface area contributed by atoms with E-state index in [4.69, 9.17) is 16.3 Å². The number of morpholine rings is 1. The Morgan fingerprint density at radius 3 is 2.38 bits per heavy atom. The van der Waals surface area contributed by atoms with Crippen molar-refractivity contribution in [1.29, 1.82) is 0 Å². The Labute approximate surface area is 148 Å². The Morgan fingerprint density at radius 2 is 1.71 bits per heavy atom. The van der Waals surface area contributed by atoms with Gasteiger partial charge in [-0.05, 0) is 18.2 Å². The minimum Gasteiger partial charge on any atom is -0.379 e. The zero-order valence-corrected chi connectivity index (χ0v) is 14.7. The van der Waals surface area contributed by atoms with Gasteiger partial charge in [-0.2, -0.15) is 0 Å². The monoisotopic (exact) mass is 352 g/mol. The largest absolute Gasteiger partial charge is 0.379 e. The molecule has 3 rings (SSSR count). The summed E-state index contributed by atoms with van der Waals surface area (Å²) in [5.74, 6) is 0. The third-order valence-corrected chi connectivity index (χ3v) is 4.81. The predicted octanol–water partition coefficient (Wildman–Crippen LogP) is 1.82. The molecule has 2 heterocycles. The lowest BCUT2D eigenvalue weighted by molar-refractivity contribution is 0.0311. The first-order valence-electron chi connectivity index (χ1n) is 8.55. The van der Waals surface area contributed by atoms with Crippen LogP contribution in [-0.2, 0) is 4.74 Å². The molecular weight excluding hydrogens is 328 g/mol. The maximum Gasteiger partial charge on any atom is 0.321 e. The average molecular weight is 353 g/mol. The molecule has 0 bridgehead atoms. The molecule has 0 atom stereocenters. The molecule has 24 heavy (non-hydrogen) atoms. The second-order valence-corrected chi connectivity index (χ2v) is 6.66. The number of benzene rings is 1. The van der Waals surface area contributed by atoms with Crippen LogP contribution < -0.4 is 5.32 Å². The van der Waals surface area contributed by atoms with E-state index < -0.39 is 0 Å². The number of anilines is 1. The molecule has 0 unspecified atom stereocenters. The van der Waals surface area contributed by atoms with Crippen molar-refractivity contribution in [2.45, 2.75) is 0 Å². The van der Waals surface area contributed by atoms with Crippen LogP contribution >= 0.6 is 11.6 Å². The molecule has 1 aromatic carbocycles. The number of amides is 2. The fourth-order valence-electron chi connectivity index (χ4n) is 3.05. The van der Waals surface area contributed by atoms with Crippen LogP contribution in [0.2, 0.25) is 5.02 Å². The van der Waals surface area contributed by atoms with Crippen LogP contribution in [0.1, 0.15) is 0 Å². The first-order valence-corrected chi connectivity index (χ1v) is 8.92. The van der Waals surface area contributed by atoms with E-state index in [-0.39, 0.29) is 6.03 Å². The molecule has 0 saturated carbocycles. The van der Waals surface area contributed by atoms with E-state index in [0.29, 0.717) is 5.02 Å². The average Bonchev–Trinajstić information content (AvgIpc) is 2.61. The van der Waals surface area contributed by atoms with Gasteiger partial charge in [-0.15, -0.1) is 0 Å². The van der Waals surface area contributed by atoms with Gasteiger partial charge in [-0.25, -0.2) is 4.79 Å². The van der Waals surface area contributed by atoms with Crippen molar-refractivity contribution in [3.8, 4) is 0 Å². The van der Waals surface area contributed by atoms with Gasteiger partial charge in [0.2, 0.25) is 0 Å². The minimum atomic E-state index is -0.0508. The second-order valence-electron chi connectivity index (χ2n) is 6.22. The third kappa shape index (κ3) is 5.08. The fourth-order valence-corrected chi connectivity index (χ4v) is 3.24. The molecule has 2 saturated heterocycles. The summed E-state index contributed by atoms with van der Waals surface area (Å²) >= 11 is 5.95. The standard InChI is InChI=1S/C17H25ClN4O2/c18-15-2-1-3-16(14-15)19-17(23)22-8-6-20(7-9-22)4-5-21-10-12-24-13-11-21/h1-3,14H,4-13H2,(H,19,23). The molecule has 0 aliphatic carbocycles. The van der Waals surface area contributed by atoms with Crippen LogP contribution in [0.15, 0.2) is 24.3 Å². The van der Waals surface area contributed by atoms with Gasteiger partial charge in [0, 0.05) is 63.1 Å². The van der Waals surface area contributed by atoms with Gasteiger partial charge in [0.1, 0.15) is 0 Å². The molecule has 1 N–H and O–H groups in total. The SMILES string of the molecule is O=C(Nc1cccc(Cl)c1)N1CCN(CCN2CCOCC2)CC1. The van der Waals surface area contributed by atoms with E-state index in [1.807, 2.05) is 17.0 Å². The fraction of sp³-hybridized carbons (Fsp3) is 0.588. The molecule has 2 aliphatic heterocycles. The van der Waals surface area contributed by atoms with Crippen LogP contribution in [0.5, 0.6) is 0 Å². The van der Waals surface area contributed by atoms with E-state index in [1.54, 1.807) is 12.1 Å². The number of urea groups is 1. The van der Waals surface area contributed by atoms with Gasteiger partial charge in [-0.1, -0.05) is 17.7 Å². The maximum atomic E-state index is 12.3. The van der Waals surface area contributed by atoms with Gasteiger partial charge in [0.25, 0.3) is 0 Å². The van der Waals surface area contributed by atoms with Crippen molar-refractivity contribution in [3.05, 3.63) is 29.3 Å². The second kappa shape index (κ2) is 8.67. The van der Waals surface area contributed by atoms with Gasteiger partial charge in [-0.3, -0.25) is 9.80 Å². The zero-order valence-electron chi connectivity index (χ0n) is 13.9. The normalized spacial score (nSPS) is 20.1. The number of carbonyl (C=O) groups excluding carboxylic acids is 1. The van der Waals surface area contributed by atoms with E-state index >= 15 is 0 Å². The lowest BCUT2D eigenvalue weighted by Crippen LogP contribution is -2.51. The van der Waals surface area contributed by atoms with Crippen LogP contribution in [0, 0.1) is 0 Å². The number of piperazine rings is 1. The molecule has 6 nitrogen and oxygen atoms in total. The molecule has 2 fully saturated rings. The highest BCUT2D eigenvalue weighted by molar-refractivity contribution is 6.30. The number of ether oxygens (including phenoxy) is 1. The summed E-state index contributed by atoms with van der Waals surface area (Å²) in [5.41, 5.74) is 0.738. The molecule has 0 aromatic heterocycles. The summed E-state index contributed by atoms with van der Waals surface area (Å²) in [5, 5.41) is 3.54. The summed E-state index contributed by atoms with van der Waals surface area (Å²) < 4.78 is 5.37. The maximum absolute atomic E-state index is 12.3. The van der Waals surface area contributed by atoms with Crippen molar-refractivity contribution >= 4 is 23.3 Å². The first kappa shape index (κ1) is 17.5. The van der Waals surface area contributed by atoms with E-state index in [9.17, 15) is 4.79 Å². The lowest BCUT2D eigenvalue weighted by Gasteiger charge is -2.36. The van der Waals surface area contributed by atoms with Crippen molar-refractivity contribution in [3.63, 3.8) is 0 Å². The van der Waals surface area contributed by atoms with Crippen molar-refractivity contribution in [2.24, 2.45) is 0 Å². The lowest BCUT2D eigenvalue weighted by atomic mass is 10.3. The predicted molar refractivity (Wildman–Crippen MR) is 95.7 cm³/mol. The van der Waals surface area contributed by atoms with Crippen LogP contribution in [0.3, 0.4) is 0 Å². The van der Waals surface area contributed by atoms with Crippen LogP contribution in [0.25, 0.3) is 0 Å². The molecule has 0 spiro atoms. The smallest absolute Gasteiger partial charge is 0.321 e. The molecule has 132 valence electrons. The van der Waals surface area contributed by atoms with Crippen molar-refractivity contribution in [1.82, 2.24) is 14.7 Å². The molecule has 7 heteroatoms. The topological polar surface area (TPSA) is 48.1 Å². The summed E-state index contributed by atoms with van der Waals surface area (Å²) in [6.07, 6.45) is 0. The molecule has 0 radical (unpaired) electrons. The summed E-state index contributed by atoms with van der Waals surface area (Å²) in [6, 6.07) is 7.19. The van der Waals surface area contributed by atoms with Crippen LogP contribution in [0.4, 0.5) is 10.5 Å². The zero-order chi connectivity index (χ0) is 16.8. The summed E-state index contributed by atoms with van der Waals surface area (Å²) in [4.78, 5) is 19.1.